The maximum Gasteiger partial charge on any atom is 0.271 e. The first-order chi connectivity index (χ1) is 14.7. The van der Waals surface area contributed by atoms with E-state index in [0.717, 1.165) is 43.0 Å². The third-order valence-corrected chi connectivity index (χ3v) is 7.01. The lowest BCUT2D eigenvalue weighted by molar-refractivity contribution is 0.0304. The highest BCUT2D eigenvalue weighted by Crippen LogP contribution is 2.39. The van der Waals surface area contributed by atoms with Gasteiger partial charge in [-0.05, 0) is 54.3 Å². The monoisotopic (exact) mass is 423 g/mol. The van der Waals surface area contributed by atoms with Gasteiger partial charge < -0.3 is 15.0 Å². The van der Waals surface area contributed by atoms with Crippen LogP contribution in [-0.2, 0) is 4.74 Å². The molecule has 0 radical (unpaired) electrons. The number of rotatable bonds is 5. The fraction of sp³-hybridized carbons (Fsp3) is 0.409. The van der Waals surface area contributed by atoms with Crippen molar-refractivity contribution in [3.63, 3.8) is 0 Å². The van der Waals surface area contributed by atoms with Crippen LogP contribution in [0.4, 0.5) is 5.82 Å². The fourth-order valence-corrected chi connectivity index (χ4v) is 5.44. The minimum atomic E-state index is 0.0292. The molecular formula is C22H25N5O2S. The summed E-state index contributed by atoms with van der Waals surface area (Å²) in [6, 6.07) is 9.93. The molecule has 0 aromatic carbocycles. The van der Waals surface area contributed by atoms with Crippen LogP contribution < -0.4 is 5.32 Å². The molecule has 3 aromatic heterocycles. The first-order valence-electron chi connectivity index (χ1n) is 10.3. The second kappa shape index (κ2) is 8.20. The Bertz CT molecular complexity index is 990. The largest absolute Gasteiger partial charge is 0.379 e. The van der Waals surface area contributed by atoms with Crippen molar-refractivity contribution in [3.05, 3.63) is 53.0 Å². The number of carbonyl (C=O) groups excluding carboxylic acids is 1. The quantitative estimate of drug-likeness (QED) is 0.656. The number of H-pyrrole nitrogens is 1. The zero-order chi connectivity index (χ0) is 20.5. The molecule has 1 saturated carbocycles. The van der Waals surface area contributed by atoms with E-state index in [1.54, 1.807) is 24.6 Å². The van der Waals surface area contributed by atoms with Crippen molar-refractivity contribution in [1.29, 1.82) is 0 Å². The predicted molar refractivity (Wildman–Crippen MR) is 116 cm³/mol. The summed E-state index contributed by atoms with van der Waals surface area (Å²) >= 11 is 1.62. The summed E-state index contributed by atoms with van der Waals surface area (Å²) < 4.78 is 5.80. The number of hydrogen-bond acceptors (Lipinski definition) is 6. The normalized spacial score (nSPS) is 25.8. The van der Waals surface area contributed by atoms with Crippen molar-refractivity contribution in [1.82, 2.24) is 20.1 Å². The SMILES string of the molecule is CO[C@@H]1C[C@H]2CN(C(=O)c3cc(-c4ccsc4)n[nH]3)C[C@H]2C[C@H]1Nc1ccccn1. The first-order valence-corrected chi connectivity index (χ1v) is 11.2. The van der Waals surface area contributed by atoms with E-state index >= 15 is 0 Å². The number of carbonyl (C=O) groups is 1. The number of hydrogen-bond donors (Lipinski definition) is 2. The summed E-state index contributed by atoms with van der Waals surface area (Å²) in [4.78, 5) is 19.5. The molecule has 30 heavy (non-hydrogen) atoms. The lowest BCUT2D eigenvalue weighted by atomic mass is 9.77. The Kier molecular flexibility index (Phi) is 5.26. The molecule has 2 aliphatic rings. The van der Waals surface area contributed by atoms with Crippen LogP contribution in [0.5, 0.6) is 0 Å². The zero-order valence-corrected chi connectivity index (χ0v) is 17.6. The molecule has 5 rings (SSSR count). The molecule has 156 valence electrons. The number of ether oxygens (including phenoxy) is 1. The van der Waals surface area contributed by atoms with Gasteiger partial charge in [-0.15, -0.1) is 0 Å². The van der Waals surface area contributed by atoms with E-state index in [2.05, 4.69) is 20.5 Å². The third kappa shape index (κ3) is 3.73. The van der Waals surface area contributed by atoms with Gasteiger partial charge in [0.15, 0.2) is 0 Å². The van der Waals surface area contributed by atoms with Crippen LogP contribution in [0.1, 0.15) is 23.3 Å². The average molecular weight is 424 g/mol. The van der Waals surface area contributed by atoms with E-state index in [-0.39, 0.29) is 18.1 Å². The first kappa shape index (κ1) is 19.3. The molecule has 1 aliphatic carbocycles. The summed E-state index contributed by atoms with van der Waals surface area (Å²) in [5.41, 5.74) is 2.41. The highest BCUT2D eigenvalue weighted by molar-refractivity contribution is 7.08. The highest BCUT2D eigenvalue weighted by atomic mass is 32.1. The highest BCUT2D eigenvalue weighted by Gasteiger charge is 2.44. The van der Waals surface area contributed by atoms with Crippen LogP contribution in [-0.4, -0.2) is 58.3 Å². The van der Waals surface area contributed by atoms with Gasteiger partial charge in [-0.3, -0.25) is 9.89 Å². The number of aromatic nitrogens is 3. The average Bonchev–Trinajstić information content (AvgIpc) is 3.53. The van der Waals surface area contributed by atoms with Crippen LogP contribution >= 0.6 is 11.3 Å². The summed E-state index contributed by atoms with van der Waals surface area (Å²) in [6.07, 6.45) is 3.81. The van der Waals surface area contributed by atoms with E-state index in [1.807, 2.05) is 46.0 Å². The smallest absolute Gasteiger partial charge is 0.271 e. The number of pyridine rings is 1. The number of aromatic amines is 1. The van der Waals surface area contributed by atoms with E-state index < -0.39 is 0 Å². The number of nitrogens with zero attached hydrogens (tertiary/aromatic N) is 3. The fourth-order valence-electron chi connectivity index (χ4n) is 4.79. The number of nitrogens with one attached hydrogen (secondary N) is 2. The second-order valence-electron chi connectivity index (χ2n) is 8.12. The number of likely N-dealkylation sites (tertiary alicyclic amines) is 1. The van der Waals surface area contributed by atoms with E-state index in [9.17, 15) is 4.79 Å². The maximum absolute atomic E-state index is 13.1. The summed E-state index contributed by atoms with van der Waals surface area (Å²) in [5, 5.41) is 14.8. The predicted octanol–water partition coefficient (Wildman–Crippen LogP) is 3.51. The topological polar surface area (TPSA) is 83.1 Å². The molecule has 0 bridgehead atoms. The molecule has 2 N–H and O–H groups in total. The minimum absolute atomic E-state index is 0.0292. The van der Waals surface area contributed by atoms with E-state index in [4.69, 9.17) is 4.74 Å². The van der Waals surface area contributed by atoms with Crippen LogP contribution in [0, 0.1) is 11.8 Å². The third-order valence-electron chi connectivity index (χ3n) is 6.33. The molecule has 2 fully saturated rings. The van der Waals surface area contributed by atoms with Gasteiger partial charge >= 0.3 is 0 Å². The molecule has 4 heterocycles. The Hall–Kier alpha value is -2.71. The summed E-state index contributed by atoms with van der Waals surface area (Å²) in [7, 11) is 1.77. The van der Waals surface area contributed by atoms with Gasteiger partial charge in [0.05, 0.1) is 17.8 Å². The Morgan fingerprint density at radius 2 is 2.13 bits per heavy atom. The lowest BCUT2D eigenvalue weighted by Crippen LogP contribution is -2.44. The van der Waals surface area contributed by atoms with E-state index in [1.165, 1.54) is 0 Å². The van der Waals surface area contributed by atoms with Gasteiger partial charge in [-0.1, -0.05) is 6.07 Å². The van der Waals surface area contributed by atoms with Crippen molar-refractivity contribution in [2.45, 2.75) is 25.0 Å². The molecule has 4 atom stereocenters. The Morgan fingerprint density at radius 3 is 2.87 bits per heavy atom. The van der Waals surface area contributed by atoms with Gasteiger partial charge in [-0.25, -0.2) is 4.98 Å². The molecule has 1 amide bonds. The van der Waals surface area contributed by atoms with Crippen molar-refractivity contribution in [2.75, 3.05) is 25.5 Å². The molecule has 1 aliphatic heterocycles. The molecule has 8 heteroatoms. The summed E-state index contributed by atoms with van der Waals surface area (Å²) in [5.74, 6) is 1.81. The van der Waals surface area contributed by atoms with E-state index in [0.29, 0.717) is 17.5 Å². The summed E-state index contributed by atoms with van der Waals surface area (Å²) in [6.45, 7) is 1.54. The van der Waals surface area contributed by atoms with Crippen LogP contribution in [0.25, 0.3) is 11.3 Å². The zero-order valence-electron chi connectivity index (χ0n) is 16.8. The standard InChI is InChI=1S/C22H25N5O2S/c1-29-20-9-16-12-27(11-15(16)8-18(20)24-21-4-2-3-6-23-21)22(28)19-10-17(25-26-19)14-5-7-30-13-14/h2-7,10,13,15-16,18,20H,8-9,11-12H2,1H3,(H,23,24)(H,25,26)/t15-,16+,18-,20-/m1/s1. The van der Waals surface area contributed by atoms with Crippen molar-refractivity contribution >= 4 is 23.1 Å². The molecule has 7 nitrogen and oxygen atoms in total. The number of thiophene rings is 1. The lowest BCUT2D eigenvalue weighted by Gasteiger charge is -2.37. The number of methoxy groups -OCH3 is 1. The van der Waals surface area contributed by atoms with Gasteiger partial charge in [0.1, 0.15) is 11.5 Å². The van der Waals surface area contributed by atoms with Crippen molar-refractivity contribution in [2.24, 2.45) is 11.8 Å². The van der Waals surface area contributed by atoms with Gasteiger partial charge in [0, 0.05) is 37.3 Å². The molecule has 3 aromatic rings. The van der Waals surface area contributed by atoms with Crippen LogP contribution in [0.2, 0.25) is 0 Å². The number of fused-ring (bicyclic) bond motifs is 1. The number of amides is 1. The molecule has 0 unspecified atom stereocenters. The van der Waals surface area contributed by atoms with Crippen LogP contribution in [0.15, 0.2) is 47.3 Å². The van der Waals surface area contributed by atoms with Crippen LogP contribution in [0.3, 0.4) is 0 Å². The Balaban J connectivity index is 1.27. The number of anilines is 1. The Labute approximate surface area is 179 Å². The van der Waals surface area contributed by atoms with Gasteiger partial charge in [0.25, 0.3) is 5.91 Å². The minimum Gasteiger partial charge on any atom is -0.379 e. The maximum atomic E-state index is 13.1. The molecule has 1 saturated heterocycles. The van der Waals surface area contributed by atoms with Gasteiger partial charge in [0.2, 0.25) is 0 Å². The molecular weight excluding hydrogens is 398 g/mol. The van der Waals surface area contributed by atoms with Crippen molar-refractivity contribution < 1.29 is 9.53 Å². The molecule has 0 spiro atoms. The van der Waals surface area contributed by atoms with Crippen molar-refractivity contribution in [3.8, 4) is 11.3 Å². The Morgan fingerprint density at radius 1 is 1.27 bits per heavy atom. The second-order valence-corrected chi connectivity index (χ2v) is 8.90. The van der Waals surface area contributed by atoms with Gasteiger partial charge in [-0.2, -0.15) is 16.4 Å².